The van der Waals surface area contributed by atoms with Crippen LogP contribution in [0.3, 0.4) is 0 Å². The van der Waals surface area contributed by atoms with Crippen LogP contribution in [0.4, 0.5) is 5.69 Å². The summed E-state index contributed by atoms with van der Waals surface area (Å²) in [6.07, 6.45) is 1.52. The molecule has 8 heteroatoms. The van der Waals surface area contributed by atoms with Gasteiger partial charge in [-0.3, -0.25) is 4.79 Å². The molecule has 0 aliphatic rings. The number of rotatable bonds is 3. The average molecular weight is 368 g/mol. The summed E-state index contributed by atoms with van der Waals surface area (Å²) in [7, 11) is 0. The summed E-state index contributed by atoms with van der Waals surface area (Å²) < 4.78 is 7.26. The molecule has 1 amide bonds. The highest BCUT2D eigenvalue weighted by atomic mass is 35.5. The summed E-state index contributed by atoms with van der Waals surface area (Å²) in [5.74, 6) is -0.0837. The topological polar surface area (TPSA) is 85.8 Å². The Bertz CT molecular complexity index is 1120. The van der Waals surface area contributed by atoms with Gasteiger partial charge in [0.2, 0.25) is 0 Å². The van der Waals surface area contributed by atoms with Gasteiger partial charge in [0.1, 0.15) is 6.33 Å². The van der Waals surface area contributed by atoms with E-state index in [4.69, 9.17) is 16.0 Å². The predicted octanol–water partition coefficient (Wildman–Crippen LogP) is 3.93. The number of tetrazole rings is 1. The first-order valence-electron chi connectivity index (χ1n) is 7.87. The standard InChI is InChI=1S/C18H14ClN5O2/c1-10-8-12(6-7-15(10)24-9-20-22-23-24)21-18(25)16-11(2)13-4-3-5-14(19)17(13)26-16/h3-9H,1-2H3,(H,21,25). The highest BCUT2D eigenvalue weighted by molar-refractivity contribution is 6.35. The number of nitrogens with zero attached hydrogens (tertiary/aromatic N) is 4. The molecule has 0 unspecified atom stereocenters. The number of hydrogen-bond donors (Lipinski definition) is 1. The molecular formula is C18H14ClN5O2. The highest BCUT2D eigenvalue weighted by Crippen LogP contribution is 2.31. The minimum absolute atomic E-state index is 0.246. The van der Waals surface area contributed by atoms with Gasteiger partial charge < -0.3 is 9.73 Å². The van der Waals surface area contributed by atoms with Crippen molar-refractivity contribution in [2.45, 2.75) is 13.8 Å². The Morgan fingerprint density at radius 1 is 1.23 bits per heavy atom. The van der Waals surface area contributed by atoms with Crippen LogP contribution in [0.2, 0.25) is 5.02 Å². The number of hydrogen-bond acceptors (Lipinski definition) is 5. The van der Waals surface area contributed by atoms with Crippen LogP contribution in [0.15, 0.2) is 47.1 Å². The van der Waals surface area contributed by atoms with Crippen LogP contribution in [-0.4, -0.2) is 26.1 Å². The number of aryl methyl sites for hydroxylation is 2. The van der Waals surface area contributed by atoms with Crippen molar-refractivity contribution < 1.29 is 9.21 Å². The minimum atomic E-state index is -0.329. The van der Waals surface area contributed by atoms with Crippen molar-refractivity contribution in [2.24, 2.45) is 0 Å². The summed E-state index contributed by atoms with van der Waals surface area (Å²) in [6.45, 7) is 3.75. The van der Waals surface area contributed by atoms with Crippen molar-refractivity contribution in [3.63, 3.8) is 0 Å². The zero-order valence-electron chi connectivity index (χ0n) is 14.0. The molecule has 0 radical (unpaired) electrons. The molecule has 1 N–H and O–H groups in total. The third kappa shape index (κ3) is 2.72. The molecular weight excluding hydrogens is 354 g/mol. The van der Waals surface area contributed by atoms with Gasteiger partial charge in [-0.05, 0) is 54.1 Å². The molecule has 7 nitrogen and oxygen atoms in total. The molecule has 26 heavy (non-hydrogen) atoms. The fourth-order valence-electron chi connectivity index (χ4n) is 2.88. The molecule has 0 aliphatic carbocycles. The molecule has 2 heterocycles. The molecule has 2 aromatic heterocycles. The van der Waals surface area contributed by atoms with Crippen LogP contribution in [0.5, 0.6) is 0 Å². The number of halogens is 1. The van der Waals surface area contributed by atoms with E-state index >= 15 is 0 Å². The first-order chi connectivity index (χ1) is 12.5. The Kier molecular flexibility index (Phi) is 3.93. The summed E-state index contributed by atoms with van der Waals surface area (Å²) in [6, 6.07) is 10.9. The van der Waals surface area contributed by atoms with Gasteiger partial charge in [0.15, 0.2) is 11.3 Å². The molecule has 4 aromatic rings. The van der Waals surface area contributed by atoms with E-state index in [0.717, 1.165) is 22.2 Å². The SMILES string of the molecule is Cc1cc(NC(=O)c2oc3c(Cl)cccc3c2C)ccc1-n1cnnn1. The average Bonchev–Trinajstić information content (AvgIpc) is 3.25. The third-order valence-corrected chi connectivity index (χ3v) is 4.47. The van der Waals surface area contributed by atoms with Crippen molar-refractivity contribution in [1.29, 1.82) is 0 Å². The summed E-state index contributed by atoms with van der Waals surface area (Å²) in [5.41, 5.74) is 3.67. The number of nitrogens with one attached hydrogen (secondary N) is 1. The monoisotopic (exact) mass is 367 g/mol. The number of benzene rings is 2. The second kappa shape index (κ2) is 6.27. The van der Waals surface area contributed by atoms with Crippen molar-refractivity contribution in [1.82, 2.24) is 20.2 Å². The number of carbonyl (C=O) groups is 1. The van der Waals surface area contributed by atoms with Gasteiger partial charge in [-0.1, -0.05) is 23.7 Å². The second-order valence-electron chi connectivity index (χ2n) is 5.88. The molecule has 4 rings (SSSR count). The van der Waals surface area contributed by atoms with E-state index in [0.29, 0.717) is 16.3 Å². The van der Waals surface area contributed by atoms with E-state index < -0.39 is 0 Å². The highest BCUT2D eigenvalue weighted by Gasteiger charge is 2.19. The molecule has 0 saturated heterocycles. The predicted molar refractivity (Wildman–Crippen MR) is 97.8 cm³/mol. The van der Waals surface area contributed by atoms with Crippen molar-refractivity contribution in [3.8, 4) is 5.69 Å². The van der Waals surface area contributed by atoms with E-state index in [2.05, 4.69) is 20.8 Å². The first-order valence-corrected chi connectivity index (χ1v) is 8.25. The second-order valence-corrected chi connectivity index (χ2v) is 6.29. The lowest BCUT2D eigenvalue weighted by Crippen LogP contribution is -2.12. The van der Waals surface area contributed by atoms with Crippen LogP contribution in [0.1, 0.15) is 21.7 Å². The van der Waals surface area contributed by atoms with E-state index in [1.54, 1.807) is 16.8 Å². The van der Waals surface area contributed by atoms with Gasteiger partial charge in [0, 0.05) is 16.6 Å². The van der Waals surface area contributed by atoms with Gasteiger partial charge >= 0.3 is 0 Å². The smallest absolute Gasteiger partial charge is 0.291 e. The fraction of sp³-hybridized carbons (Fsp3) is 0.111. The van der Waals surface area contributed by atoms with Crippen molar-refractivity contribution >= 4 is 34.2 Å². The lowest BCUT2D eigenvalue weighted by Gasteiger charge is -2.08. The van der Waals surface area contributed by atoms with Crippen LogP contribution >= 0.6 is 11.6 Å². The van der Waals surface area contributed by atoms with Crippen LogP contribution in [0, 0.1) is 13.8 Å². The zero-order valence-corrected chi connectivity index (χ0v) is 14.8. The van der Waals surface area contributed by atoms with E-state index in [-0.39, 0.29) is 11.7 Å². The lowest BCUT2D eigenvalue weighted by molar-refractivity contribution is 0.0998. The fourth-order valence-corrected chi connectivity index (χ4v) is 3.09. The maximum Gasteiger partial charge on any atom is 0.291 e. The number of fused-ring (bicyclic) bond motifs is 1. The summed E-state index contributed by atoms with van der Waals surface area (Å²) in [4.78, 5) is 12.7. The summed E-state index contributed by atoms with van der Waals surface area (Å²) in [5, 5.41) is 15.3. The number of amides is 1. The maximum atomic E-state index is 12.7. The Morgan fingerprint density at radius 2 is 2.08 bits per heavy atom. The van der Waals surface area contributed by atoms with Gasteiger partial charge in [-0.25, -0.2) is 4.68 Å². The van der Waals surface area contributed by atoms with Crippen LogP contribution in [-0.2, 0) is 0 Å². The first kappa shape index (κ1) is 16.3. The van der Waals surface area contributed by atoms with Gasteiger partial charge in [0.05, 0.1) is 10.7 Å². The molecule has 0 saturated carbocycles. The minimum Gasteiger partial charge on any atom is -0.449 e. The molecule has 0 fully saturated rings. The van der Waals surface area contributed by atoms with Crippen molar-refractivity contribution in [2.75, 3.05) is 5.32 Å². The number of carbonyl (C=O) groups excluding carboxylic acids is 1. The largest absolute Gasteiger partial charge is 0.449 e. The molecule has 2 aromatic carbocycles. The van der Waals surface area contributed by atoms with Crippen LogP contribution < -0.4 is 5.32 Å². The molecule has 0 spiro atoms. The Morgan fingerprint density at radius 3 is 2.77 bits per heavy atom. The zero-order chi connectivity index (χ0) is 18.3. The van der Waals surface area contributed by atoms with Gasteiger partial charge in [0.25, 0.3) is 5.91 Å². The lowest BCUT2D eigenvalue weighted by atomic mass is 10.1. The van der Waals surface area contributed by atoms with Gasteiger partial charge in [-0.15, -0.1) is 5.10 Å². The number of furan rings is 1. The number of aromatic nitrogens is 4. The third-order valence-electron chi connectivity index (χ3n) is 4.17. The number of anilines is 1. The maximum absolute atomic E-state index is 12.7. The van der Waals surface area contributed by atoms with Crippen molar-refractivity contribution in [3.05, 3.63) is 64.6 Å². The Hall–Kier alpha value is -3.19. The number of para-hydroxylation sites is 1. The molecule has 130 valence electrons. The van der Waals surface area contributed by atoms with E-state index in [1.165, 1.54) is 6.33 Å². The quantitative estimate of drug-likeness (QED) is 0.593. The van der Waals surface area contributed by atoms with E-state index in [1.807, 2.05) is 38.1 Å². The van der Waals surface area contributed by atoms with Crippen LogP contribution in [0.25, 0.3) is 16.7 Å². The summed E-state index contributed by atoms with van der Waals surface area (Å²) >= 11 is 6.15. The molecule has 0 atom stereocenters. The molecule has 0 aliphatic heterocycles. The van der Waals surface area contributed by atoms with E-state index in [9.17, 15) is 4.79 Å². The van der Waals surface area contributed by atoms with Gasteiger partial charge in [-0.2, -0.15) is 0 Å². The molecule has 0 bridgehead atoms. The Balaban J connectivity index is 1.64. The Labute approximate surface area is 153 Å². The normalized spacial score (nSPS) is 11.0.